The number of anilines is 1. The Hall–Kier alpha value is -2.30. The van der Waals surface area contributed by atoms with Crippen LogP contribution in [-0.4, -0.2) is 6.21 Å². The van der Waals surface area contributed by atoms with Crippen molar-refractivity contribution < 1.29 is 13.2 Å². The second kappa shape index (κ2) is 5.77. The number of para-hydroxylation sites is 1. The minimum absolute atomic E-state index is 0.390. The standard InChI is InChI=1S/C15H13F3N2/c1-11-5-2-3-8-14(11)20-19-10-12-6-4-7-13(9-12)15(16,17)18/h2-10,20H,1H3/b19-10-. The van der Waals surface area contributed by atoms with Crippen LogP contribution in [0.5, 0.6) is 0 Å². The van der Waals surface area contributed by atoms with Gasteiger partial charge in [0, 0.05) is 0 Å². The molecule has 20 heavy (non-hydrogen) atoms. The van der Waals surface area contributed by atoms with Gasteiger partial charge in [0.05, 0.1) is 17.5 Å². The van der Waals surface area contributed by atoms with Crippen LogP contribution in [0, 0.1) is 6.92 Å². The monoisotopic (exact) mass is 278 g/mol. The van der Waals surface area contributed by atoms with Crippen molar-refractivity contribution in [3.8, 4) is 0 Å². The van der Waals surface area contributed by atoms with E-state index in [9.17, 15) is 13.2 Å². The average Bonchev–Trinajstić information content (AvgIpc) is 2.40. The van der Waals surface area contributed by atoms with Gasteiger partial charge in [-0.05, 0) is 36.2 Å². The van der Waals surface area contributed by atoms with Gasteiger partial charge in [-0.15, -0.1) is 0 Å². The molecule has 0 aliphatic carbocycles. The molecule has 0 amide bonds. The van der Waals surface area contributed by atoms with Crippen molar-refractivity contribution in [2.75, 3.05) is 5.43 Å². The first-order chi connectivity index (χ1) is 9.47. The van der Waals surface area contributed by atoms with Crippen LogP contribution >= 0.6 is 0 Å². The lowest BCUT2D eigenvalue weighted by Crippen LogP contribution is -2.05. The normalized spacial score (nSPS) is 11.8. The second-order valence-corrected chi connectivity index (χ2v) is 4.31. The first-order valence-corrected chi connectivity index (χ1v) is 5.99. The first kappa shape index (κ1) is 14.1. The van der Waals surface area contributed by atoms with Crippen LogP contribution in [0.15, 0.2) is 53.6 Å². The number of hydrogen-bond donors (Lipinski definition) is 1. The van der Waals surface area contributed by atoms with Crippen LogP contribution in [-0.2, 0) is 6.18 Å². The van der Waals surface area contributed by atoms with Gasteiger partial charge in [0.15, 0.2) is 0 Å². The number of rotatable bonds is 3. The van der Waals surface area contributed by atoms with Gasteiger partial charge in [0.25, 0.3) is 0 Å². The molecule has 0 radical (unpaired) electrons. The highest BCUT2D eigenvalue weighted by Gasteiger charge is 2.30. The van der Waals surface area contributed by atoms with Crippen LogP contribution in [0.2, 0.25) is 0 Å². The van der Waals surface area contributed by atoms with E-state index in [2.05, 4.69) is 10.5 Å². The number of halogens is 3. The lowest BCUT2D eigenvalue weighted by atomic mass is 10.1. The SMILES string of the molecule is Cc1ccccc1N/N=C\c1cccc(C(F)(F)F)c1. The summed E-state index contributed by atoms with van der Waals surface area (Å²) in [6.07, 6.45) is -2.98. The van der Waals surface area contributed by atoms with Gasteiger partial charge in [0.2, 0.25) is 0 Å². The van der Waals surface area contributed by atoms with Crippen molar-refractivity contribution in [2.24, 2.45) is 5.10 Å². The molecule has 5 heteroatoms. The van der Waals surface area contributed by atoms with Crippen LogP contribution in [0.25, 0.3) is 0 Å². The largest absolute Gasteiger partial charge is 0.416 e. The summed E-state index contributed by atoms with van der Waals surface area (Å²) >= 11 is 0. The molecule has 2 aromatic carbocycles. The molecule has 0 saturated heterocycles. The van der Waals surface area contributed by atoms with Crippen molar-refractivity contribution in [1.82, 2.24) is 0 Å². The van der Waals surface area contributed by atoms with Crippen LogP contribution in [0.3, 0.4) is 0 Å². The Morgan fingerprint density at radius 2 is 1.80 bits per heavy atom. The highest BCUT2D eigenvalue weighted by molar-refractivity contribution is 5.80. The smallest absolute Gasteiger partial charge is 0.278 e. The molecule has 2 nitrogen and oxygen atoms in total. The molecular formula is C15H13F3N2. The van der Waals surface area contributed by atoms with Gasteiger partial charge >= 0.3 is 6.18 Å². The third-order valence-corrected chi connectivity index (χ3v) is 2.76. The molecule has 0 aromatic heterocycles. The quantitative estimate of drug-likeness (QED) is 0.650. The molecule has 0 bridgehead atoms. The fraction of sp³-hybridized carbons (Fsp3) is 0.133. The topological polar surface area (TPSA) is 24.4 Å². The number of hydrazone groups is 1. The number of hydrogen-bond acceptors (Lipinski definition) is 2. The molecule has 104 valence electrons. The van der Waals surface area contributed by atoms with Crippen molar-refractivity contribution in [2.45, 2.75) is 13.1 Å². The zero-order chi connectivity index (χ0) is 14.6. The van der Waals surface area contributed by atoms with E-state index in [-0.39, 0.29) is 0 Å². The predicted octanol–water partition coefficient (Wildman–Crippen LogP) is 4.46. The Morgan fingerprint density at radius 1 is 1.05 bits per heavy atom. The number of aryl methyl sites for hydroxylation is 1. The molecule has 0 saturated carbocycles. The van der Waals surface area contributed by atoms with E-state index in [0.29, 0.717) is 5.56 Å². The molecule has 0 heterocycles. The van der Waals surface area contributed by atoms with Crippen LogP contribution < -0.4 is 5.43 Å². The maximum absolute atomic E-state index is 12.5. The van der Waals surface area contributed by atoms with Crippen molar-refractivity contribution in [1.29, 1.82) is 0 Å². The highest BCUT2D eigenvalue weighted by atomic mass is 19.4. The zero-order valence-corrected chi connectivity index (χ0v) is 10.8. The summed E-state index contributed by atoms with van der Waals surface area (Å²) in [5.74, 6) is 0. The molecule has 0 spiro atoms. The van der Waals surface area contributed by atoms with Crippen molar-refractivity contribution in [3.05, 3.63) is 65.2 Å². The summed E-state index contributed by atoms with van der Waals surface area (Å²) in [7, 11) is 0. The lowest BCUT2D eigenvalue weighted by molar-refractivity contribution is -0.137. The highest BCUT2D eigenvalue weighted by Crippen LogP contribution is 2.29. The average molecular weight is 278 g/mol. The molecule has 1 N–H and O–H groups in total. The van der Waals surface area contributed by atoms with Crippen molar-refractivity contribution >= 4 is 11.9 Å². The van der Waals surface area contributed by atoms with E-state index in [1.54, 1.807) is 6.07 Å². The van der Waals surface area contributed by atoms with E-state index in [1.165, 1.54) is 12.3 Å². The Morgan fingerprint density at radius 3 is 2.50 bits per heavy atom. The maximum Gasteiger partial charge on any atom is 0.416 e. The zero-order valence-electron chi connectivity index (χ0n) is 10.8. The van der Waals surface area contributed by atoms with Gasteiger partial charge in [-0.25, -0.2) is 0 Å². The first-order valence-electron chi connectivity index (χ1n) is 5.99. The summed E-state index contributed by atoms with van der Waals surface area (Å²) in [5.41, 5.74) is 4.34. The molecule has 0 unspecified atom stereocenters. The minimum Gasteiger partial charge on any atom is -0.278 e. The Bertz CT molecular complexity index is 619. The van der Waals surface area contributed by atoms with E-state index >= 15 is 0 Å². The van der Waals surface area contributed by atoms with Crippen LogP contribution in [0.1, 0.15) is 16.7 Å². The van der Waals surface area contributed by atoms with E-state index < -0.39 is 11.7 Å². The molecule has 0 aliphatic rings. The fourth-order valence-electron chi connectivity index (χ4n) is 1.67. The molecule has 2 rings (SSSR count). The summed E-state index contributed by atoms with van der Waals surface area (Å²) in [6.45, 7) is 1.92. The lowest BCUT2D eigenvalue weighted by Gasteiger charge is -2.07. The van der Waals surface area contributed by atoms with E-state index in [0.717, 1.165) is 23.4 Å². The number of nitrogens with one attached hydrogen (secondary N) is 1. The van der Waals surface area contributed by atoms with Gasteiger partial charge in [-0.1, -0.05) is 30.3 Å². The summed E-state index contributed by atoms with van der Waals surface area (Å²) in [6, 6.07) is 12.5. The van der Waals surface area contributed by atoms with Crippen molar-refractivity contribution in [3.63, 3.8) is 0 Å². The van der Waals surface area contributed by atoms with E-state index in [4.69, 9.17) is 0 Å². The molecule has 0 fully saturated rings. The number of benzene rings is 2. The molecular weight excluding hydrogens is 265 g/mol. The third kappa shape index (κ3) is 3.60. The summed E-state index contributed by atoms with van der Waals surface area (Å²) in [4.78, 5) is 0. The summed E-state index contributed by atoms with van der Waals surface area (Å²) in [5, 5.41) is 3.95. The second-order valence-electron chi connectivity index (χ2n) is 4.31. The Kier molecular flexibility index (Phi) is 4.08. The van der Waals surface area contributed by atoms with Gasteiger partial charge in [-0.3, -0.25) is 5.43 Å². The number of nitrogens with zero attached hydrogens (tertiary/aromatic N) is 1. The van der Waals surface area contributed by atoms with Crippen LogP contribution in [0.4, 0.5) is 18.9 Å². The van der Waals surface area contributed by atoms with E-state index in [1.807, 2.05) is 31.2 Å². The minimum atomic E-state index is -4.34. The van der Waals surface area contributed by atoms with Gasteiger partial charge < -0.3 is 0 Å². The number of alkyl halides is 3. The fourth-order valence-corrected chi connectivity index (χ4v) is 1.67. The summed E-state index contributed by atoms with van der Waals surface area (Å²) < 4.78 is 37.6. The van der Waals surface area contributed by atoms with Gasteiger partial charge in [0.1, 0.15) is 0 Å². The van der Waals surface area contributed by atoms with Gasteiger partial charge in [-0.2, -0.15) is 18.3 Å². The molecule has 2 aromatic rings. The maximum atomic E-state index is 12.5. The Labute approximate surface area is 114 Å². The molecule has 0 atom stereocenters. The third-order valence-electron chi connectivity index (χ3n) is 2.76. The predicted molar refractivity (Wildman–Crippen MR) is 73.8 cm³/mol. The Balaban J connectivity index is 2.11. The molecule has 0 aliphatic heterocycles.